The summed E-state index contributed by atoms with van der Waals surface area (Å²) in [7, 11) is 0. The summed E-state index contributed by atoms with van der Waals surface area (Å²) < 4.78 is 0. The first kappa shape index (κ1) is 14.1. The van der Waals surface area contributed by atoms with Gasteiger partial charge in [0.2, 0.25) is 11.9 Å². The van der Waals surface area contributed by atoms with Gasteiger partial charge in [-0.15, -0.1) is 0 Å². The number of amides is 1. The van der Waals surface area contributed by atoms with E-state index in [9.17, 15) is 9.59 Å². The molecule has 2 aliphatic rings. The van der Waals surface area contributed by atoms with Crippen molar-refractivity contribution in [2.24, 2.45) is 5.92 Å². The third kappa shape index (κ3) is 3.25. The molecule has 1 amide bonds. The molecular weight excluding hydrogens is 268 g/mol. The van der Waals surface area contributed by atoms with Crippen molar-refractivity contribution in [2.75, 3.05) is 18.0 Å². The van der Waals surface area contributed by atoms with Gasteiger partial charge < -0.3 is 10.2 Å². The Morgan fingerprint density at radius 2 is 2.05 bits per heavy atom. The molecule has 21 heavy (non-hydrogen) atoms. The van der Waals surface area contributed by atoms with Crippen LogP contribution in [0.2, 0.25) is 0 Å². The van der Waals surface area contributed by atoms with Gasteiger partial charge in [-0.05, 0) is 32.6 Å². The van der Waals surface area contributed by atoms with Crippen LogP contribution in [0.15, 0.2) is 10.9 Å². The first-order valence-electron chi connectivity index (χ1n) is 7.75. The van der Waals surface area contributed by atoms with Crippen molar-refractivity contribution in [3.63, 3.8) is 0 Å². The number of anilines is 1. The van der Waals surface area contributed by atoms with Crippen molar-refractivity contribution in [3.8, 4) is 0 Å². The summed E-state index contributed by atoms with van der Waals surface area (Å²) in [5, 5.41) is 3.16. The molecule has 1 aromatic rings. The lowest BCUT2D eigenvalue weighted by Crippen LogP contribution is -2.47. The van der Waals surface area contributed by atoms with Crippen molar-refractivity contribution >= 4 is 11.9 Å². The largest absolute Gasteiger partial charge is 0.353 e. The Kier molecular flexibility index (Phi) is 3.94. The summed E-state index contributed by atoms with van der Waals surface area (Å²) in [5.41, 5.74) is 0.618. The highest BCUT2D eigenvalue weighted by Crippen LogP contribution is 2.27. The van der Waals surface area contributed by atoms with Gasteiger partial charge in [0, 0.05) is 36.8 Å². The van der Waals surface area contributed by atoms with Crippen LogP contribution in [0.5, 0.6) is 0 Å². The van der Waals surface area contributed by atoms with Gasteiger partial charge in [0.1, 0.15) is 0 Å². The number of carbonyl (C=O) groups excluding carboxylic acids is 1. The molecule has 1 aromatic heterocycles. The van der Waals surface area contributed by atoms with Gasteiger partial charge in [-0.1, -0.05) is 6.42 Å². The van der Waals surface area contributed by atoms with E-state index >= 15 is 0 Å². The van der Waals surface area contributed by atoms with E-state index in [0.29, 0.717) is 5.95 Å². The van der Waals surface area contributed by atoms with Crippen LogP contribution >= 0.6 is 0 Å². The second-order valence-corrected chi connectivity index (χ2v) is 6.11. The van der Waals surface area contributed by atoms with Crippen molar-refractivity contribution in [1.82, 2.24) is 15.3 Å². The second-order valence-electron chi connectivity index (χ2n) is 6.11. The van der Waals surface area contributed by atoms with Crippen LogP contribution in [0.3, 0.4) is 0 Å². The zero-order chi connectivity index (χ0) is 14.8. The minimum absolute atomic E-state index is 0.113. The van der Waals surface area contributed by atoms with Crippen LogP contribution in [0.25, 0.3) is 0 Å². The first-order valence-corrected chi connectivity index (χ1v) is 7.75. The number of aromatic nitrogens is 2. The highest BCUT2D eigenvalue weighted by Gasteiger charge is 2.28. The third-order valence-electron chi connectivity index (χ3n) is 4.47. The third-order valence-corrected chi connectivity index (χ3v) is 4.47. The highest BCUT2D eigenvalue weighted by molar-refractivity contribution is 5.79. The van der Waals surface area contributed by atoms with E-state index in [1.54, 1.807) is 0 Å². The lowest BCUT2D eigenvalue weighted by Gasteiger charge is -2.34. The van der Waals surface area contributed by atoms with Crippen molar-refractivity contribution in [3.05, 3.63) is 22.1 Å². The predicted octanol–water partition coefficient (Wildman–Crippen LogP) is 0.963. The molecule has 1 saturated carbocycles. The number of hydrogen-bond acceptors (Lipinski definition) is 4. The fourth-order valence-electron chi connectivity index (χ4n) is 2.94. The highest BCUT2D eigenvalue weighted by atomic mass is 16.2. The maximum absolute atomic E-state index is 11.9. The van der Waals surface area contributed by atoms with Crippen molar-refractivity contribution in [1.29, 1.82) is 0 Å². The SMILES string of the molecule is Cc1cc(=O)[nH]c(N2CCC(NC(=O)C3CCC3)CC2)n1. The molecule has 3 rings (SSSR count). The Bertz CT molecular complexity index is 571. The van der Waals surface area contributed by atoms with Crippen LogP contribution in [0.4, 0.5) is 5.95 Å². The molecule has 0 radical (unpaired) electrons. The number of rotatable bonds is 3. The Morgan fingerprint density at radius 3 is 2.62 bits per heavy atom. The summed E-state index contributed by atoms with van der Waals surface area (Å²) in [6.07, 6.45) is 5.06. The van der Waals surface area contributed by atoms with E-state index in [-0.39, 0.29) is 23.4 Å². The number of aryl methyl sites for hydroxylation is 1. The van der Waals surface area contributed by atoms with Crippen LogP contribution in [0, 0.1) is 12.8 Å². The summed E-state index contributed by atoms with van der Waals surface area (Å²) in [6, 6.07) is 1.75. The van der Waals surface area contributed by atoms with Crippen LogP contribution < -0.4 is 15.8 Å². The first-order chi connectivity index (χ1) is 10.1. The fraction of sp³-hybridized carbons (Fsp3) is 0.667. The number of piperidine rings is 1. The minimum Gasteiger partial charge on any atom is -0.353 e. The van der Waals surface area contributed by atoms with Gasteiger partial charge >= 0.3 is 0 Å². The van der Waals surface area contributed by atoms with Gasteiger partial charge in [-0.3, -0.25) is 14.6 Å². The molecular formula is C15H22N4O2. The summed E-state index contributed by atoms with van der Waals surface area (Å²) in [5.74, 6) is 1.11. The van der Waals surface area contributed by atoms with E-state index in [1.165, 1.54) is 12.5 Å². The fourth-order valence-corrected chi connectivity index (χ4v) is 2.94. The van der Waals surface area contributed by atoms with E-state index in [1.807, 2.05) is 6.92 Å². The quantitative estimate of drug-likeness (QED) is 0.869. The zero-order valence-electron chi connectivity index (χ0n) is 12.4. The zero-order valence-corrected chi connectivity index (χ0v) is 12.4. The standard InChI is InChI=1S/C15H22N4O2/c1-10-9-13(20)18-15(16-10)19-7-5-12(6-8-19)17-14(21)11-3-2-4-11/h9,11-12H,2-8H2,1H3,(H,17,21)(H,16,18,20). The predicted molar refractivity (Wildman–Crippen MR) is 80.3 cm³/mol. The van der Waals surface area contributed by atoms with Gasteiger partial charge in [-0.25, -0.2) is 4.98 Å². The van der Waals surface area contributed by atoms with E-state index in [2.05, 4.69) is 20.2 Å². The Labute approximate surface area is 124 Å². The number of carbonyl (C=O) groups is 1. The molecule has 0 spiro atoms. The molecule has 2 fully saturated rings. The van der Waals surface area contributed by atoms with Gasteiger partial charge in [0.25, 0.3) is 5.56 Å². The minimum atomic E-state index is -0.113. The van der Waals surface area contributed by atoms with Crippen LogP contribution in [0.1, 0.15) is 37.8 Å². The molecule has 0 atom stereocenters. The molecule has 2 heterocycles. The molecule has 0 unspecified atom stereocenters. The number of nitrogens with one attached hydrogen (secondary N) is 2. The van der Waals surface area contributed by atoms with Crippen LogP contribution in [-0.2, 0) is 4.79 Å². The van der Waals surface area contributed by atoms with Gasteiger partial charge in [0.15, 0.2) is 0 Å². The summed E-state index contributed by atoms with van der Waals surface area (Å²) in [6.45, 7) is 3.44. The molecule has 1 aliphatic carbocycles. The molecule has 1 saturated heterocycles. The normalized spacial score (nSPS) is 20.1. The van der Waals surface area contributed by atoms with Crippen molar-refractivity contribution in [2.45, 2.75) is 45.1 Å². The topological polar surface area (TPSA) is 78.1 Å². The summed E-state index contributed by atoms with van der Waals surface area (Å²) >= 11 is 0. The van der Waals surface area contributed by atoms with Crippen LogP contribution in [-0.4, -0.2) is 35.0 Å². The lowest BCUT2D eigenvalue weighted by molar-refractivity contribution is -0.128. The monoisotopic (exact) mass is 290 g/mol. The molecule has 0 aromatic carbocycles. The molecule has 114 valence electrons. The van der Waals surface area contributed by atoms with Crippen molar-refractivity contribution < 1.29 is 4.79 Å². The molecule has 6 heteroatoms. The Morgan fingerprint density at radius 1 is 1.33 bits per heavy atom. The Hall–Kier alpha value is -1.85. The number of hydrogen-bond donors (Lipinski definition) is 2. The maximum atomic E-state index is 11.9. The number of nitrogens with zero attached hydrogens (tertiary/aromatic N) is 2. The lowest BCUT2D eigenvalue weighted by atomic mass is 9.84. The Balaban J connectivity index is 1.54. The molecule has 2 N–H and O–H groups in total. The van der Waals surface area contributed by atoms with E-state index in [0.717, 1.165) is 44.5 Å². The van der Waals surface area contributed by atoms with E-state index in [4.69, 9.17) is 0 Å². The van der Waals surface area contributed by atoms with Gasteiger partial charge in [0.05, 0.1) is 0 Å². The number of H-pyrrole nitrogens is 1. The summed E-state index contributed by atoms with van der Waals surface area (Å²) in [4.78, 5) is 32.7. The maximum Gasteiger partial charge on any atom is 0.252 e. The number of aromatic amines is 1. The average Bonchev–Trinajstić information content (AvgIpc) is 2.36. The molecule has 0 bridgehead atoms. The molecule has 6 nitrogen and oxygen atoms in total. The second kappa shape index (κ2) is 5.87. The molecule has 1 aliphatic heterocycles. The average molecular weight is 290 g/mol. The van der Waals surface area contributed by atoms with Gasteiger partial charge in [-0.2, -0.15) is 0 Å². The smallest absolute Gasteiger partial charge is 0.252 e. The van der Waals surface area contributed by atoms with E-state index < -0.39 is 0 Å².